The second-order valence-corrected chi connectivity index (χ2v) is 7.03. The van der Waals surface area contributed by atoms with Crippen LogP contribution < -0.4 is 0 Å². The van der Waals surface area contributed by atoms with Crippen LogP contribution in [-0.2, 0) is 9.59 Å². The topological polar surface area (TPSA) is 57.6 Å². The van der Waals surface area contributed by atoms with Crippen LogP contribution in [0.3, 0.4) is 0 Å². The molecule has 1 amide bonds. The van der Waals surface area contributed by atoms with Crippen molar-refractivity contribution in [2.75, 3.05) is 18.8 Å². The van der Waals surface area contributed by atoms with Crippen LogP contribution >= 0.6 is 11.8 Å². The van der Waals surface area contributed by atoms with E-state index in [4.69, 9.17) is 0 Å². The zero-order valence-electron chi connectivity index (χ0n) is 12.0. The molecule has 0 radical (unpaired) electrons. The van der Waals surface area contributed by atoms with Gasteiger partial charge in [0.05, 0.1) is 11.8 Å². The third kappa shape index (κ3) is 2.67. The summed E-state index contributed by atoms with van der Waals surface area (Å²) < 4.78 is 0. The first-order chi connectivity index (χ1) is 10.1. The van der Waals surface area contributed by atoms with Crippen molar-refractivity contribution >= 4 is 23.6 Å². The van der Waals surface area contributed by atoms with E-state index in [9.17, 15) is 14.7 Å². The molecule has 0 aliphatic carbocycles. The molecule has 0 saturated carbocycles. The van der Waals surface area contributed by atoms with Crippen LogP contribution in [0.2, 0.25) is 0 Å². The van der Waals surface area contributed by atoms with Crippen LogP contribution in [0.15, 0.2) is 29.2 Å². The van der Waals surface area contributed by atoms with E-state index in [0.717, 1.165) is 17.7 Å². The number of carboxylic acid groups (broad SMARTS) is 1. The summed E-state index contributed by atoms with van der Waals surface area (Å²) in [5.74, 6) is -0.265. The number of hydrogen-bond donors (Lipinski definition) is 1. The number of carbonyl (C=O) groups excluding carboxylic acids is 1. The summed E-state index contributed by atoms with van der Waals surface area (Å²) in [6.45, 7) is 2.82. The van der Waals surface area contributed by atoms with Gasteiger partial charge in [-0.3, -0.25) is 9.59 Å². The zero-order valence-corrected chi connectivity index (χ0v) is 12.8. The van der Waals surface area contributed by atoms with E-state index in [1.807, 2.05) is 25.1 Å². The molecule has 1 N–H and O–H groups in total. The second kappa shape index (κ2) is 5.72. The summed E-state index contributed by atoms with van der Waals surface area (Å²) in [6, 6.07) is 8.05. The molecule has 1 fully saturated rings. The molecule has 2 heterocycles. The van der Waals surface area contributed by atoms with Gasteiger partial charge < -0.3 is 10.0 Å². The lowest BCUT2D eigenvalue weighted by atomic mass is 9.94. The molecular formula is C16H19NO3S. The van der Waals surface area contributed by atoms with Gasteiger partial charge in [0.15, 0.2) is 0 Å². The van der Waals surface area contributed by atoms with Crippen molar-refractivity contribution in [1.82, 2.24) is 4.90 Å². The largest absolute Gasteiger partial charge is 0.481 e. The van der Waals surface area contributed by atoms with Gasteiger partial charge in [0.1, 0.15) is 0 Å². The molecule has 1 saturated heterocycles. The number of hydrogen-bond acceptors (Lipinski definition) is 3. The number of carboxylic acids is 1. The minimum atomic E-state index is -0.794. The Morgan fingerprint density at radius 3 is 2.76 bits per heavy atom. The number of thioether (sulfide) groups is 1. The van der Waals surface area contributed by atoms with Crippen LogP contribution in [0.5, 0.6) is 0 Å². The zero-order chi connectivity index (χ0) is 15.0. The van der Waals surface area contributed by atoms with Gasteiger partial charge in [0.2, 0.25) is 5.91 Å². The van der Waals surface area contributed by atoms with Crippen molar-refractivity contribution < 1.29 is 14.7 Å². The highest BCUT2D eigenvalue weighted by Gasteiger charge is 2.40. The first-order valence-corrected chi connectivity index (χ1v) is 8.30. The van der Waals surface area contributed by atoms with Gasteiger partial charge in [-0.05, 0) is 29.7 Å². The molecular weight excluding hydrogens is 286 g/mol. The Balaban J connectivity index is 1.80. The van der Waals surface area contributed by atoms with Crippen molar-refractivity contribution in [3.63, 3.8) is 0 Å². The lowest BCUT2D eigenvalue weighted by molar-refractivity contribution is -0.142. The molecule has 3 rings (SSSR count). The molecule has 0 aromatic heterocycles. The number of carbonyl (C=O) groups is 2. The third-order valence-electron chi connectivity index (χ3n) is 4.50. The summed E-state index contributed by atoms with van der Waals surface area (Å²) in [5, 5.41) is 9.21. The van der Waals surface area contributed by atoms with Gasteiger partial charge in [-0.1, -0.05) is 25.1 Å². The Labute approximate surface area is 128 Å². The molecule has 4 nitrogen and oxygen atoms in total. The van der Waals surface area contributed by atoms with E-state index in [2.05, 4.69) is 6.07 Å². The van der Waals surface area contributed by atoms with Crippen LogP contribution in [0.4, 0.5) is 0 Å². The van der Waals surface area contributed by atoms with Gasteiger partial charge in [-0.2, -0.15) is 0 Å². The summed E-state index contributed by atoms with van der Waals surface area (Å²) in [6.07, 6.45) is 0.836. The van der Waals surface area contributed by atoms with E-state index in [-0.39, 0.29) is 17.7 Å². The summed E-state index contributed by atoms with van der Waals surface area (Å²) in [7, 11) is 0. The van der Waals surface area contributed by atoms with Crippen molar-refractivity contribution in [1.29, 1.82) is 0 Å². The van der Waals surface area contributed by atoms with Gasteiger partial charge in [-0.15, -0.1) is 11.8 Å². The van der Waals surface area contributed by atoms with Crippen molar-refractivity contribution in [3.8, 4) is 0 Å². The number of aliphatic carboxylic acids is 1. The smallest absolute Gasteiger partial charge is 0.308 e. The van der Waals surface area contributed by atoms with Gasteiger partial charge in [-0.25, -0.2) is 0 Å². The number of fused-ring (bicyclic) bond motifs is 1. The lowest BCUT2D eigenvalue weighted by Crippen LogP contribution is -2.35. The van der Waals surface area contributed by atoms with E-state index in [0.29, 0.717) is 13.1 Å². The fourth-order valence-corrected chi connectivity index (χ4v) is 4.41. The van der Waals surface area contributed by atoms with Crippen molar-refractivity contribution in [3.05, 3.63) is 29.8 Å². The maximum absolute atomic E-state index is 12.8. The minimum absolute atomic E-state index is 0.0275. The van der Waals surface area contributed by atoms with Gasteiger partial charge in [0.25, 0.3) is 0 Å². The number of benzene rings is 1. The van der Waals surface area contributed by atoms with E-state index < -0.39 is 11.9 Å². The summed E-state index contributed by atoms with van der Waals surface area (Å²) >= 11 is 1.79. The van der Waals surface area contributed by atoms with Crippen LogP contribution in [0.25, 0.3) is 0 Å². The Bertz CT molecular complexity index is 574. The van der Waals surface area contributed by atoms with Crippen LogP contribution in [0, 0.1) is 11.8 Å². The van der Waals surface area contributed by atoms with Crippen LogP contribution in [0.1, 0.15) is 24.8 Å². The molecule has 21 heavy (non-hydrogen) atoms. The predicted octanol–water partition coefficient (Wildman–Crippen LogP) is 2.45. The number of likely N-dealkylation sites (tertiary alicyclic amines) is 1. The number of amides is 1. The molecule has 5 heteroatoms. The molecule has 0 spiro atoms. The Morgan fingerprint density at radius 1 is 1.29 bits per heavy atom. The van der Waals surface area contributed by atoms with Crippen molar-refractivity contribution in [2.45, 2.75) is 24.2 Å². The first-order valence-electron chi connectivity index (χ1n) is 7.31. The normalized spacial score (nSPS) is 28.2. The molecule has 3 atom stereocenters. The van der Waals surface area contributed by atoms with E-state index >= 15 is 0 Å². The molecule has 1 unspecified atom stereocenters. The van der Waals surface area contributed by atoms with Gasteiger partial charge in [0, 0.05) is 18.0 Å². The molecule has 2 aliphatic heterocycles. The highest BCUT2D eigenvalue weighted by molar-refractivity contribution is 7.99. The average Bonchev–Trinajstić information content (AvgIpc) is 2.88. The standard InChI is InChI=1S/C16H19NO3S/c1-10-8-17(9-13(10)16(19)20)15(18)12-6-7-21-14-5-3-2-4-11(12)14/h2-5,10,12-13H,6-9H2,1H3,(H,19,20)/t10-,12?,13-/m1/s1. The third-order valence-corrected chi connectivity index (χ3v) is 5.62. The molecule has 0 bridgehead atoms. The second-order valence-electron chi connectivity index (χ2n) is 5.89. The van der Waals surface area contributed by atoms with Gasteiger partial charge >= 0.3 is 5.97 Å². The predicted molar refractivity (Wildman–Crippen MR) is 81.4 cm³/mol. The number of rotatable bonds is 2. The highest BCUT2D eigenvalue weighted by atomic mass is 32.2. The molecule has 1 aromatic carbocycles. The Morgan fingerprint density at radius 2 is 2.05 bits per heavy atom. The molecule has 112 valence electrons. The maximum atomic E-state index is 12.8. The fraction of sp³-hybridized carbons (Fsp3) is 0.500. The minimum Gasteiger partial charge on any atom is -0.481 e. The quantitative estimate of drug-likeness (QED) is 0.912. The maximum Gasteiger partial charge on any atom is 0.308 e. The van der Waals surface area contributed by atoms with Crippen LogP contribution in [-0.4, -0.2) is 40.7 Å². The fourth-order valence-electron chi connectivity index (χ4n) is 3.29. The Kier molecular flexibility index (Phi) is 3.93. The molecule has 2 aliphatic rings. The first kappa shape index (κ1) is 14.4. The van der Waals surface area contributed by atoms with Crippen molar-refractivity contribution in [2.24, 2.45) is 11.8 Å². The summed E-state index contributed by atoms with van der Waals surface area (Å²) in [4.78, 5) is 26.9. The van der Waals surface area contributed by atoms with E-state index in [1.54, 1.807) is 16.7 Å². The monoisotopic (exact) mass is 305 g/mol. The number of nitrogens with zero attached hydrogens (tertiary/aromatic N) is 1. The molecule has 1 aromatic rings. The Hall–Kier alpha value is -1.49. The summed E-state index contributed by atoms with van der Waals surface area (Å²) in [5.41, 5.74) is 1.10. The average molecular weight is 305 g/mol. The lowest BCUT2D eigenvalue weighted by Gasteiger charge is -2.28. The highest BCUT2D eigenvalue weighted by Crippen LogP contribution is 2.39. The SMILES string of the molecule is C[C@@H]1CN(C(=O)C2CCSc3ccccc32)C[C@H]1C(=O)O. The van der Waals surface area contributed by atoms with E-state index in [1.165, 1.54) is 4.90 Å².